The maximum absolute atomic E-state index is 12.3. The summed E-state index contributed by atoms with van der Waals surface area (Å²) in [5.74, 6) is 1.85. The van der Waals surface area contributed by atoms with E-state index in [-0.39, 0.29) is 5.91 Å². The van der Waals surface area contributed by atoms with Crippen molar-refractivity contribution in [3.63, 3.8) is 0 Å². The molecule has 1 unspecified atom stereocenters. The summed E-state index contributed by atoms with van der Waals surface area (Å²) in [6.07, 6.45) is -0.641. The number of carbonyl (C=O) groups is 1. The molecule has 28 heavy (non-hydrogen) atoms. The first-order valence-electron chi connectivity index (χ1n) is 9.02. The molecule has 0 radical (unpaired) electrons. The molecule has 0 aliphatic rings. The van der Waals surface area contributed by atoms with Gasteiger partial charge >= 0.3 is 0 Å². The Morgan fingerprint density at radius 2 is 1.46 bits per heavy atom. The molecular weight excluding hydrogens is 354 g/mol. The lowest BCUT2D eigenvalue weighted by atomic mass is 10.2. The Labute approximate surface area is 164 Å². The number of benzene rings is 3. The summed E-state index contributed by atoms with van der Waals surface area (Å²) in [4.78, 5) is 12.3. The topological polar surface area (TPSA) is 56.8 Å². The lowest BCUT2D eigenvalue weighted by Gasteiger charge is -2.15. The van der Waals surface area contributed by atoms with Crippen LogP contribution in [0.2, 0.25) is 0 Å². The van der Waals surface area contributed by atoms with Crippen LogP contribution >= 0.6 is 0 Å². The van der Waals surface area contributed by atoms with Gasteiger partial charge in [-0.2, -0.15) is 0 Å². The molecule has 3 aromatic rings. The smallest absolute Gasteiger partial charge is 0.265 e. The van der Waals surface area contributed by atoms with Gasteiger partial charge in [0, 0.05) is 5.69 Å². The van der Waals surface area contributed by atoms with Crippen LogP contribution in [0.1, 0.15) is 12.5 Å². The molecule has 0 saturated carbocycles. The van der Waals surface area contributed by atoms with E-state index in [1.165, 1.54) is 0 Å². The molecule has 1 atom stereocenters. The van der Waals surface area contributed by atoms with E-state index in [1.807, 2.05) is 42.5 Å². The highest BCUT2D eigenvalue weighted by molar-refractivity contribution is 5.94. The van der Waals surface area contributed by atoms with Crippen molar-refractivity contribution >= 4 is 11.6 Å². The van der Waals surface area contributed by atoms with Gasteiger partial charge in [-0.1, -0.05) is 30.3 Å². The number of rotatable bonds is 8. The average Bonchev–Trinajstić information content (AvgIpc) is 2.74. The highest BCUT2D eigenvalue weighted by atomic mass is 16.5. The molecule has 0 spiro atoms. The normalized spacial score (nSPS) is 11.4. The second kappa shape index (κ2) is 9.46. The number of carbonyl (C=O) groups excluding carboxylic acids is 1. The fraction of sp³-hybridized carbons (Fsp3) is 0.174. The fourth-order valence-electron chi connectivity index (χ4n) is 2.53. The molecule has 0 fully saturated rings. The summed E-state index contributed by atoms with van der Waals surface area (Å²) in [7, 11) is 1.60. The van der Waals surface area contributed by atoms with Crippen LogP contribution in [0.5, 0.6) is 17.2 Å². The van der Waals surface area contributed by atoms with Gasteiger partial charge in [0.1, 0.15) is 23.9 Å². The van der Waals surface area contributed by atoms with Crippen LogP contribution < -0.4 is 19.5 Å². The van der Waals surface area contributed by atoms with Crippen molar-refractivity contribution in [2.75, 3.05) is 12.4 Å². The first-order valence-corrected chi connectivity index (χ1v) is 9.02. The van der Waals surface area contributed by atoms with Crippen LogP contribution in [0.3, 0.4) is 0 Å². The summed E-state index contributed by atoms with van der Waals surface area (Å²) in [6, 6.07) is 24.3. The van der Waals surface area contributed by atoms with E-state index >= 15 is 0 Å². The van der Waals surface area contributed by atoms with Crippen LogP contribution in [0.4, 0.5) is 5.69 Å². The van der Waals surface area contributed by atoms with Gasteiger partial charge in [0.15, 0.2) is 6.10 Å². The number of ether oxygens (including phenoxy) is 3. The molecule has 5 nitrogen and oxygen atoms in total. The van der Waals surface area contributed by atoms with E-state index in [1.54, 1.807) is 50.4 Å². The van der Waals surface area contributed by atoms with Crippen LogP contribution in [0, 0.1) is 0 Å². The standard InChI is InChI=1S/C23H23NO4/c1-17(23(25)24-19-8-10-20(26-2)11-9-19)28-22-14-12-21(13-15-22)27-16-18-6-4-3-5-7-18/h3-15,17H,16H2,1-2H3,(H,24,25). The fourth-order valence-corrected chi connectivity index (χ4v) is 2.53. The molecule has 144 valence electrons. The summed E-state index contributed by atoms with van der Waals surface area (Å²) < 4.78 is 16.6. The molecular formula is C23H23NO4. The molecule has 3 aromatic carbocycles. The van der Waals surface area contributed by atoms with E-state index in [9.17, 15) is 4.79 Å². The summed E-state index contributed by atoms with van der Waals surface area (Å²) in [5.41, 5.74) is 1.79. The number of amides is 1. The molecule has 3 rings (SSSR count). The van der Waals surface area contributed by atoms with Gasteiger partial charge in [-0.15, -0.1) is 0 Å². The predicted molar refractivity (Wildman–Crippen MR) is 109 cm³/mol. The van der Waals surface area contributed by atoms with Gasteiger partial charge in [0.2, 0.25) is 0 Å². The zero-order valence-corrected chi connectivity index (χ0v) is 15.9. The van der Waals surface area contributed by atoms with Gasteiger partial charge in [0.05, 0.1) is 7.11 Å². The Balaban J connectivity index is 1.50. The highest BCUT2D eigenvalue weighted by Crippen LogP contribution is 2.20. The number of anilines is 1. The van der Waals surface area contributed by atoms with Gasteiger partial charge in [-0.3, -0.25) is 4.79 Å². The average molecular weight is 377 g/mol. The van der Waals surface area contributed by atoms with Crippen LogP contribution in [-0.4, -0.2) is 19.1 Å². The minimum absolute atomic E-state index is 0.227. The minimum Gasteiger partial charge on any atom is -0.497 e. The number of nitrogens with one attached hydrogen (secondary N) is 1. The molecule has 0 heterocycles. The zero-order chi connectivity index (χ0) is 19.8. The van der Waals surface area contributed by atoms with E-state index in [0.29, 0.717) is 18.0 Å². The van der Waals surface area contributed by atoms with Crippen molar-refractivity contribution in [1.29, 1.82) is 0 Å². The molecule has 1 N–H and O–H groups in total. The molecule has 1 amide bonds. The third-order valence-corrected chi connectivity index (χ3v) is 4.11. The van der Waals surface area contributed by atoms with Crippen molar-refractivity contribution in [1.82, 2.24) is 0 Å². The quantitative estimate of drug-likeness (QED) is 0.619. The maximum Gasteiger partial charge on any atom is 0.265 e. The van der Waals surface area contributed by atoms with Crippen LogP contribution in [0.25, 0.3) is 0 Å². The molecule has 0 bridgehead atoms. The van der Waals surface area contributed by atoms with Crippen molar-refractivity contribution in [2.24, 2.45) is 0 Å². The third-order valence-electron chi connectivity index (χ3n) is 4.11. The largest absolute Gasteiger partial charge is 0.497 e. The van der Waals surface area contributed by atoms with E-state index < -0.39 is 6.10 Å². The summed E-state index contributed by atoms with van der Waals surface area (Å²) >= 11 is 0. The highest BCUT2D eigenvalue weighted by Gasteiger charge is 2.15. The van der Waals surface area contributed by atoms with E-state index in [2.05, 4.69) is 5.32 Å². The summed E-state index contributed by atoms with van der Waals surface area (Å²) in [6.45, 7) is 2.21. The van der Waals surface area contributed by atoms with Gasteiger partial charge in [0.25, 0.3) is 5.91 Å². The lowest BCUT2D eigenvalue weighted by molar-refractivity contribution is -0.122. The molecule has 0 saturated heterocycles. The first kappa shape index (κ1) is 19.3. The van der Waals surface area contributed by atoms with Crippen molar-refractivity contribution in [3.8, 4) is 17.2 Å². The Morgan fingerprint density at radius 3 is 2.11 bits per heavy atom. The lowest BCUT2D eigenvalue weighted by Crippen LogP contribution is -2.30. The molecule has 0 aliphatic heterocycles. The van der Waals surface area contributed by atoms with Crippen molar-refractivity contribution < 1.29 is 19.0 Å². The summed E-state index contributed by atoms with van der Waals surface area (Å²) in [5, 5.41) is 2.82. The first-order chi connectivity index (χ1) is 13.6. The third kappa shape index (κ3) is 5.51. The van der Waals surface area contributed by atoms with Gasteiger partial charge in [-0.25, -0.2) is 0 Å². The minimum atomic E-state index is -0.641. The number of hydrogen-bond acceptors (Lipinski definition) is 4. The molecule has 0 aliphatic carbocycles. The maximum atomic E-state index is 12.3. The van der Waals surface area contributed by atoms with Crippen molar-refractivity contribution in [3.05, 3.63) is 84.4 Å². The van der Waals surface area contributed by atoms with E-state index in [4.69, 9.17) is 14.2 Å². The monoisotopic (exact) mass is 377 g/mol. The Bertz CT molecular complexity index is 877. The zero-order valence-electron chi connectivity index (χ0n) is 15.9. The second-order valence-electron chi connectivity index (χ2n) is 6.22. The number of hydrogen-bond donors (Lipinski definition) is 1. The second-order valence-corrected chi connectivity index (χ2v) is 6.22. The van der Waals surface area contributed by atoms with Crippen LogP contribution in [-0.2, 0) is 11.4 Å². The predicted octanol–water partition coefficient (Wildman–Crippen LogP) is 4.68. The van der Waals surface area contributed by atoms with Gasteiger partial charge < -0.3 is 19.5 Å². The SMILES string of the molecule is COc1ccc(NC(=O)C(C)Oc2ccc(OCc3ccccc3)cc2)cc1. The van der Waals surface area contributed by atoms with Crippen LogP contribution in [0.15, 0.2) is 78.9 Å². The van der Waals surface area contributed by atoms with E-state index in [0.717, 1.165) is 17.1 Å². The van der Waals surface area contributed by atoms with Crippen molar-refractivity contribution in [2.45, 2.75) is 19.6 Å². The number of methoxy groups -OCH3 is 1. The Morgan fingerprint density at radius 1 is 0.857 bits per heavy atom. The molecule has 5 heteroatoms. The molecule has 0 aromatic heterocycles. The van der Waals surface area contributed by atoms with Gasteiger partial charge in [-0.05, 0) is 61.0 Å². The Kier molecular flexibility index (Phi) is 6.52. The Hall–Kier alpha value is -3.47.